The maximum absolute atomic E-state index is 11.6. The van der Waals surface area contributed by atoms with E-state index in [1.807, 2.05) is 32.8 Å². The summed E-state index contributed by atoms with van der Waals surface area (Å²) in [6.45, 7) is 4.62. The first-order valence-corrected chi connectivity index (χ1v) is 6.74. The van der Waals surface area contributed by atoms with E-state index in [1.165, 1.54) is 0 Å². The average Bonchev–Trinajstić information content (AvgIpc) is 2.69. The molecule has 0 saturated carbocycles. The van der Waals surface area contributed by atoms with Crippen molar-refractivity contribution in [3.05, 3.63) is 16.1 Å². The fourth-order valence-corrected chi connectivity index (χ4v) is 2.17. The highest BCUT2D eigenvalue weighted by Crippen LogP contribution is 2.10. The molecular weight excluding hydrogens is 234 g/mol. The lowest BCUT2D eigenvalue weighted by molar-refractivity contribution is -0.124. The summed E-state index contributed by atoms with van der Waals surface area (Å²) in [5.41, 5.74) is 1.08. The fraction of sp³-hybridized carbons (Fsp3) is 0.667. The molecule has 0 saturated heterocycles. The molecule has 1 atom stereocenters. The van der Waals surface area contributed by atoms with Crippen molar-refractivity contribution in [1.82, 2.24) is 15.2 Å². The summed E-state index contributed by atoms with van der Waals surface area (Å²) >= 11 is 1.69. The van der Waals surface area contributed by atoms with E-state index in [9.17, 15) is 4.79 Å². The lowest BCUT2D eigenvalue weighted by Crippen LogP contribution is -2.41. The van der Waals surface area contributed by atoms with E-state index < -0.39 is 0 Å². The van der Waals surface area contributed by atoms with Crippen molar-refractivity contribution in [3.8, 4) is 0 Å². The van der Waals surface area contributed by atoms with Crippen molar-refractivity contribution < 1.29 is 4.79 Å². The second-order valence-corrected chi connectivity index (χ2v) is 5.36. The number of hydrogen-bond acceptors (Lipinski definition) is 4. The third kappa shape index (κ3) is 4.83. The number of rotatable bonds is 6. The minimum atomic E-state index is -0.0721. The lowest BCUT2D eigenvalue weighted by atomic mass is 10.2. The minimum absolute atomic E-state index is 0.0721. The van der Waals surface area contributed by atoms with E-state index in [2.05, 4.69) is 15.7 Å². The van der Waals surface area contributed by atoms with Crippen LogP contribution in [0.2, 0.25) is 0 Å². The Labute approximate surface area is 107 Å². The van der Waals surface area contributed by atoms with Crippen LogP contribution in [0.3, 0.4) is 0 Å². The smallest absolute Gasteiger partial charge is 0.237 e. The molecule has 0 bridgehead atoms. The Morgan fingerprint density at radius 1 is 1.59 bits per heavy atom. The van der Waals surface area contributed by atoms with Gasteiger partial charge in [-0.1, -0.05) is 0 Å². The number of likely N-dealkylation sites (N-methyl/N-ethyl adjacent to an activating group) is 1. The van der Waals surface area contributed by atoms with Gasteiger partial charge < -0.3 is 5.32 Å². The number of nitrogens with one attached hydrogen (secondary N) is 1. The molecule has 1 aromatic rings. The van der Waals surface area contributed by atoms with Crippen LogP contribution >= 0.6 is 11.3 Å². The van der Waals surface area contributed by atoms with Crippen molar-refractivity contribution >= 4 is 17.2 Å². The highest BCUT2D eigenvalue weighted by atomic mass is 32.1. The van der Waals surface area contributed by atoms with Gasteiger partial charge in [-0.15, -0.1) is 11.3 Å². The van der Waals surface area contributed by atoms with Gasteiger partial charge in [0, 0.05) is 24.0 Å². The lowest BCUT2D eigenvalue weighted by Gasteiger charge is -2.18. The predicted octanol–water partition coefficient (Wildman–Crippen LogP) is 1.45. The molecule has 1 N–H and O–H groups in total. The summed E-state index contributed by atoms with van der Waals surface area (Å²) in [4.78, 5) is 17.9. The molecule has 96 valence electrons. The molecule has 0 spiro atoms. The van der Waals surface area contributed by atoms with E-state index in [0.717, 1.165) is 30.1 Å². The van der Waals surface area contributed by atoms with Gasteiger partial charge in [0.1, 0.15) is 0 Å². The van der Waals surface area contributed by atoms with Crippen LogP contribution in [-0.4, -0.2) is 42.5 Å². The Morgan fingerprint density at radius 3 is 2.82 bits per heavy atom. The largest absolute Gasteiger partial charge is 0.355 e. The van der Waals surface area contributed by atoms with Gasteiger partial charge in [-0.3, -0.25) is 9.69 Å². The van der Waals surface area contributed by atoms with Gasteiger partial charge in [-0.05, 0) is 34.4 Å². The zero-order valence-electron chi connectivity index (χ0n) is 11.0. The van der Waals surface area contributed by atoms with Crippen molar-refractivity contribution in [2.45, 2.75) is 32.7 Å². The van der Waals surface area contributed by atoms with Crippen LogP contribution in [0, 0.1) is 6.92 Å². The molecule has 0 radical (unpaired) electrons. The van der Waals surface area contributed by atoms with E-state index >= 15 is 0 Å². The topological polar surface area (TPSA) is 45.2 Å². The Bertz CT molecular complexity index is 362. The molecule has 0 aromatic carbocycles. The van der Waals surface area contributed by atoms with Crippen LogP contribution in [-0.2, 0) is 11.2 Å². The Hall–Kier alpha value is -0.940. The van der Waals surface area contributed by atoms with Gasteiger partial charge in [-0.2, -0.15) is 0 Å². The number of amides is 1. The molecule has 0 aliphatic carbocycles. The zero-order valence-corrected chi connectivity index (χ0v) is 11.8. The number of carbonyl (C=O) groups is 1. The molecular formula is C12H21N3OS. The summed E-state index contributed by atoms with van der Waals surface area (Å²) in [7, 11) is 3.81. The second-order valence-electron chi connectivity index (χ2n) is 4.42. The molecule has 4 nitrogen and oxygen atoms in total. The predicted molar refractivity (Wildman–Crippen MR) is 71.3 cm³/mol. The van der Waals surface area contributed by atoms with Gasteiger partial charge in [-0.25, -0.2) is 4.98 Å². The Balaban J connectivity index is 2.18. The molecule has 0 aliphatic rings. The van der Waals surface area contributed by atoms with Gasteiger partial charge in [0.25, 0.3) is 0 Å². The van der Waals surface area contributed by atoms with Crippen LogP contribution < -0.4 is 5.32 Å². The quantitative estimate of drug-likeness (QED) is 0.783. The molecule has 1 rings (SSSR count). The Kier molecular flexibility index (Phi) is 5.58. The Morgan fingerprint density at radius 2 is 2.29 bits per heavy atom. The van der Waals surface area contributed by atoms with Crippen LogP contribution in [0.4, 0.5) is 0 Å². The summed E-state index contributed by atoms with van der Waals surface area (Å²) in [6.07, 6.45) is 1.88. The normalized spacial score (nSPS) is 12.8. The van der Waals surface area contributed by atoms with E-state index in [-0.39, 0.29) is 11.9 Å². The van der Waals surface area contributed by atoms with Crippen LogP contribution in [0.25, 0.3) is 0 Å². The summed E-state index contributed by atoms with van der Waals surface area (Å²) < 4.78 is 0. The standard InChI is InChI=1S/C12H21N3OS/c1-9-8-17-11(14-9)6-5-7-13-12(16)10(2)15(3)4/h8,10H,5-7H2,1-4H3,(H,13,16). The molecule has 0 aliphatic heterocycles. The number of thiazole rings is 1. The number of nitrogens with zero attached hydrogens (tertiary/aromatic N) is 2. The van der Waals surface area contributed by atoms with Crippen LogP contribution in [0.5, 0.6) is 0 Å². The first kappa shape index (κ1) is 14.1. The van der Waals surface area contributed by atoms with Crippen molar-refractivity contribution in [3.63, 3.8) is 0 Å². The summed E-state index contributed by atoms with van der Waals surface area (Å²) in [5, 5.41) is 6.15. The van der Waals surface area contributed by atoms with Gasteiger partial charge >= 0.3 is 0 Å². The summed E-state index contributed by atoms with van der Waals surface area (Å²) in [6, 6.07) is -0.0721. The molecule has 1 amide bonds. The number of aryl methyl sites for hydroxylation is 2. The van der Waals surface area contributed by atoms with Crippen molar-refractivity contribution in [1.29, 1.82) is 0 Å². The van der Waals surface area contributed by atoms with Gasteiger partial charge in [0.15, 0.2) is 0 Å². The minimum Gasteiger partial charge on any atom is -0.355 e. The number of hydrogen-bond donors (Lipinski definition) is 1. The highest BCUT2D eigenvalue weighted by molar-refractivity contribution is 7.09. The third-order valence-corrected chi connectivity index (χ3v) is 3.71. The molecule has 17 heavy (non-hydrogen) atoms. The zero-order chi connectivity index (χ0) is 12.8. The first-order chi connectivity index (χ1) is 8.00. The maximum Gasteiger partial charge on any atom is 0.237 e. The van der Waals surface area contributed by atoms with Gasteiger partial charge in [0.05, 0.1) is 11.0 Å². The number of carbonyl (C=O) groups excluding carboxylic acids is 1. The highest BCUT2D eigenvalue weighted by Gasteiger charge is 2.13. The summed E-state index contributed by atoms with van der Waals surface area (Å²) in [5.74, 6) is 0.0883. The van der Waals surface area contributed by atoms with Crippen molar-refractivity contribution in [2.24, 2.45) is 0 Å². The molecule has 5 heteroatoms. The average molecular weight is 255 g/mol. The van der Waals surface area contributed by atoms with E-state index in [0.29, 0.717) is 0 Å². The van der Waals surface area contributed by atoms with Gasteiger partial charge in [0.2, 0.25) is 5.91 Å². The first-order valence-electron chi connectivity index (χ1n) is 5.86. The number of aromatic nitrogens is 1. The van der Waals surface area contributed by atoms with Crippen LogP contribution in [0.1, 0.15) is 24.0 Å². The molecule has 1 heterocycles. The maximum atomic E-state index is 11.6. The monoisotopic (exact) mass is 255 g/mol. The molecule has 1 aromatic heterocycles. The SMILES string of the molecule is Cc1csc(CCCNC(=O)C(C)N(C)C)n1. The molecule has 1 unspecified atom stereocenters. The van der Waals surface area contributed by atoms with Crippen molar-refractivity contribution in [2.75, 3.05) is 20.6 Å². The van der Waals surface area contributed by atoms with E-state index in [1.54, 1.807) is 11.3 Å². The van der Waals surface area contributed by atoms with E-state index in [4.69, 9.17) is 0 Å². The third-order valence-electron chi connectivity index (χ3n) is 2.69. The fourth-order valence-electron chi connectivity index (χ4n) is 1.35. The molecule has 0 fully saturated rings. The second kappa shape index (κ2) is 6.71. The van der Waals surface area contributed by atoms with Crippen LogP contribution in [0.15, 0.2) is 5.38 Å².